The molecule has 4 heteroatoms. The Kier molecular flexibility index (Phi) is 5.74. The van der Waals surface area contributed by atoms with Crippen molar-refractivity contribution in [2.45, 2.75) is 32.2 Å². The van der Waals surface area contributed by atoms with E-state index in [1.807, 2.05) is 55.5 Å². The molecule has 1 aliphatic rings. The van der Waals surface area contributed by atoms with E-state index in [9.17, 15) is 5.11 Å². The van der Waals surface area contributed by atoms with Crippen LogP contribution < -0.4 is 10.1 Å². The standard InChI is InChI=1S/C21H29N2O2/c1-17(24)21(19-9-5-3-6-10-19)23(15-13-22-14-16-23)18(2)25-20-11-7-4-8-12-20/h3-12,17-18,21-22,24H,13-16H2,1-2H3/q+1. The molecule has 25 heavy (non-hydrogen) atoms. The average molecular weight is 341 g/mol. The first-order valence-electron chi connectivity index (χ1n) is 9.15. The van der Waals surface area contributed by atoms with E-state index in [1.54, 1.807) is 0 Å². The van der Waals surface area contributed by atoms with Crippen LogP contribution in [0.4, 0.5) is 0 Å². The molecule has 134 valence electrons. The summed E-state index contributed by atoms with van der Waals surface area (Å²) in [6.07, 6.45) is -0.508. The Morgan fingerprint density at radius 1 is 0.920 bits per heavy atom. The molecule has 3 atom stereocenters. The van der Waals surface area contributed by atoms with Crippen molar-refractivity contribution in [3.05, 3.63) is 66.2 Å². The van der Waals surface area contributed by atoms with Gasteiger partial charge in [0, 0.05) is 25.6 Å². The van der Waals surface area contributed by atoms with Crippen molar-refractivity contribution in [1.82, 2.24) is 5.32 Å². The fraction of sp³-hybridized carbons (Fsp3) is 0.429. The number of hydrogen-bond donors (Lipinski definition) is 2. The summed E-state index contributed by atoms with van der Waals surface area (Å²) in [6.45, 7) is 7.75. The molecule has 0 amide bonds. The Balaban J connectivity index is 1.96. The molecule has 1 aliphatic heterocycles. The molecule has 2 N–H and O–H groups in total. The van der Waals surface area contributed by atoms with Crippen LogP contribution in [0.3, 0.4) is 0 Å². The lowest BCUT2D eigenvalue weighted by Gasteiger charge is -2.51. The van der Waals surface area contributed by atoms with Gasteiger partial charge < -0.3 is 15.2 Å². The zero-order valence-electron chi connectivity index (χ0n) is 15.1. The molecule has 4 nitrogen and oxygen atoms in total. The molecule has 1 heterocycles. The second-order valence-electron chi connectivity index (χ2n) is 6.93. The summed E-state index contributed by atoms with van der Waals surface area (Å²) in [6, 6.07) is 20.3. The molecule has 2 aromatic carbocycles. The number of nitrogens with zero attached hydrogens (tertiary/aromatic N) is 1. The van der Waals surface area contributed by atoms with Gasteiger partial charge in [0.2, 0.25) is 6.23 Å². The number of para-hydroxylation sites is 1. The summed E-state index contributed by atoms with van der Waals surface area (Å²) < 4.78 is 7.07. The maximum Gasteiger partial charge on any atom is 0.231 e. The van der Waals surface area contributed by atoms with Crippen molar-refractivity contribution < 1.29 is 14.3 Å². The summed E-state index contributed by atoms with van der Waals surface area (Å²) in [4.78, 5) is 0. The third-order valence-corrected chi connectivity index (χ3v) is 5.34. The highest BCUT2D eigenvalue weighted by molar-refractivity contribution is 5.21. The topological polar surface area (TPSA) is 41.5 Å². The number of nitrogens with one attached hydrogen (secondary N) is 1. The number of ether oxygens (including phenoxy) is 1. The first-order chi connectivity index (χ1) is 12.1. The molecule has 2 aromatic rings. The monoisotopic (exact) mass is 341 g/mol. The Morgan fingerprint density at radius 3 is 2.04 bits per heavy atom. The van der Waals surface area contributed by atoms with Gasteiger partial charge in [-0.1, -0.05) is 48.5 Å². The lowest BCUT2D eigenvalue weighted by molar-refractivity contribution is -0.997. The smallest absolute Gasteiger partial charge is 0.231 e. The molecule has 0 radical (unpaired) electrons. The fourth-order valence-corrected chi connectivity index (χ4v) is 4.14. The SMILES string of the molecule is CC(O)C(c1ccccc1)[N+]1(C(C)Oc2ccccc2)CCNCC1. The zero-order valence-corrected chi connectivity index (χ0v) is 15.1. The maximum atomic E-state index is 10.7. The molecule has 3 unspecified atom stereocenters. The van der Waals surface area contributed by atoms with Crippen LogP contribution in [0.1, 0.15) is 25.5 Å². The number of quaternary nitrogens is 1. The highest BCUT2D eigenvalue weighted by Crippen LogP contribution is 2.36. The molecular weight excluding hydrogens is 312 g/mol. The van der Waals surface area contributed by atoms with Crippen LogP contribution in [0.5, 0.6) is 5.75 Å². The Hall–Kier alpha value is -1.88. The van der Waals surface area contributed by atoms with E-state index < -0.39 is 6.10 Å². The fourth-order valence-electron chi connectivity index (χ4n) is 4.14. The minimum atomic E-state index is -0.456. The average Bonchev–Trinajstić information content (AvgIpc) is 2.64. The predicted octanol–water partition coefficient (Wildman–Crippen LogP) is 2.95. The zero-order chi connectivity index (χ0) is 17.7. The molecule has 0 saturated carbocycles. The molecule has 0 bridgehead atoms. The third-order valence-electron chi connectivity index (χ3n) is 5.34. The highest BCUT2D eigenvalue weighted by Gasteiger charge is 2.47. The molecule has 0 aromatic heterocycles. The lowest BCUT2D eigenvalue weighted by atomic mass is 9.96. The van der Waals surface area contributed by atoms with Gasteiger partial charge in [-0.15, -0.1) is 0 Å². The lowest BCUT2D eigenvalue weighted by Crippen LogP contribution is -2.67. The number of aliphatic hydroxyl groups excluding tert-OH is 1. The van der Waals surface area contributed by atoms with E-state index in [1.165, 1.54) is 5.56 Å². The molecule has 3 rings (SSSR count). The quantitative estimate of drug-likeness (QED) is 0.794. The first kappa shape index (κ1) is 17.9. The van der Waals surface area contributed by atoms with Gasteiger partial charge in [-0.3, -0.25) is 4.48 Å². The van der Waals surface area contributed by atoms with Gasteiger partial charge in [0.1, 0.15) is 17.9 Å². The first-order valence-corrected chi connectivity index (χ1v) is 9.15. The second-order valence-corrected chi connectivity index (χ2v) is 6.93. The van der Waals surface area contributed by atoms with E-state index in [0.717, 1.165) is 36.4 Å². The number of benzene rings is 2. The number of aliphatic hydroxyl groups is 1. The van der Waals surface area contributed by atoms with E-state index >= 15 is 0 Å². The molecule has 1 fully saturated rings. The Bertz CT molecular complexity index is 639. The van der Waals surface area contributed by atoms with Gasteiger partial charge in [-0.05, 0) is 19.1 Å². The van der Waals surface area contributed by atoms with Crippen LogP contribution in [-0.4, -0.2) is 48.1 Å². The Morgan fingerprint density at radius 2 is 1.48 bits per heavy atom. The van der Waals surface area contributed by atoms with Gasteiger partial charge >= 0.3 is 0 Å². The predicted molar refractivity (Wildman–Crippen MR) is 100 cm³/mol. The van der Waals surface area contributed by atoms with Crippen molar-refractivity contribution in [3.8, 4) is 5.75 Å². The minimum Gasteiger partial charge on any atom is -0.443 e. The highest BCUT2D eigenvalue weighted by atomic mass is 16.5. The Labute approximate surface area is 150 Å². The van der Waals surface area contributed by atoms with Crippen LogP contribution in [0.2, 0.25) is 0 Å². The molecule has 0 aliphatic carbocycles. The number of piperazine rings is 1. The molecule has 1 saturated heterocycles. The normalized spacial score (nSPS) is 20.4. The summed E-state index contributed by atoms with van der Waals surface area (Å²) in [7, 11) is 0. The van der Waals surface area contributed by atoms with E-state index in [0.29, 0.717) is 0 Å². The van der Waals surface area contributed by atoms with Gasteiger partial charge in [-0.25, -0.2) is 0 Å². The van der Waals surface area contributed by atoms with Gasteiger partial charge in [0.15, 0.2) is 0 Å². The summed E-state index contributed by atoms with van der Waals surface area (Å²) in [5.41, 5.74) is 1.17. The van der Waals surface area contributed by atoms with Crippen molar-refractivity contribution in [2.75, 3.05) is 26.2 Å². The summed E-state index contributed by atoms with van der Waals surface area (Å²) in [5.74, 6) is 0.878. The molecular formula is C21H29N2O2+. The number of rotatable bonds is 6. The van der Waals surface area contributed by atoms with Crippen LogP contribution in [0.25, 0.3) is 0 Å². The minimum absolute atomic E-state index is 0.0120. The summed E-state index contributed by atoms with van der Waals surface area (Å²) >= 11 is 0. The van der Waals surface area contributed by atoms with Crippen molar-refractivity contribution in [1.29, 1.82) is 0 Å². The van der Waals surface area contributed by atoms with E-state index in [2.05, 4.69) is 24.4 Å². The van der Waals surface area contributed by atoms with Crippen LogP contribution in [0.15, 0.2) is 60.7 Å². The van der Waals surface area contributed by atoms with Gasteiger partial charge in [-0.2, -0.15) is 0 Å². The van der Waals surface area contributed by atoms with Crippen molar-refractivity contribution >= 4 is 0 Å². The van der Waals surface area contributed by atoms with Crippen LogP contribution >= 0.6 is 0 Å². The largest absolute Gasteiger partial charge is 0.443 e. The van der Waals surface area contributed by atoms with E-state index in [-0.39, 0.29) is 12.3 Å². The van der Waals surface area contributed by atoms with Gasteiger partial charge in [0.25, 0.3) is 0 Å². The maximum absolute atomic E-state index is 10.7. The number of hydrogen-bond acceptors (Lipinski definition) is 3. The van der Waals surface area contributed by atoms with Crippen molar-refractivity contribution in [2.24, 2.45) is 0 Å². The third kappa shape index (κ3) is 3.87. The second kappa shape index (κ2) is 8.00. The summed E-state index contributed by atoms with van der Waals surface area (Å²) in [5, 5.41) is 14.2. The van der Waals surface area contributed by atoms with Crippen molar-refractivity contribution in [3.63, 3.8) is 0 Å². The molecule has 0 spiro atoms. The van der Waals surface area contributed by atoms with Crippen LogP contribution in [-0.2, 0) is 0 Å². The van der Waals surface area contributed by atoms with Crippen LogP contribution in [0, 0.1) is 0 Å². The van der Waals surface area contributed by atoms with E-state index in [4.69, 9.17) is 4.74 Å². The van der Waals surface area contributed by atoms with Gasteiger partial charge in [0.05, 0.1) is 13.1 Å².